The molecule has 44 heavy (non-hydrogen) atoms. The predicted molar refractivity (Wildman–Crippen MR) is 161 cm³/mol. The molecule has 0 radical (unpaired) electrons. The molecule has 0 aliphatic carbocycles. The lowest BCUT2D eigenvalue weighted by Crippen LogP contribution is -2.59. The molecular weight excluding hydrogens is 564 g/mol. The molecule has 7 rings (SSSR count). The summed E-state index contributed by atoms with van der Waals surface area (Å²) in [5.74, 6) is 1.51. The standard InChI is InChI=1S/C33H36N4O7/c1-41-29-11-8-23-16-30(29)43-21-31(38)34-17-22-6-9-25(10-7-22)44-28-12-13-37(19-26(28)35-33(23)40)32(39)20-36-14-15-42-27-5-3-2-4-24(27)18-36/h2-11,16,26,28H,12-15,17-21H2,1H3,(H,34,38)(H,35,40)/t26-,28+/m0/s1. The highest BCUT2D eigenvalue weighted by atomic mass is 16.5. The molecule has 3 aromatic rings. The number of fused-ring (bicyclic) bond motifs is 8. The van der Waals surface area contributed by atoms with Crippen LogP contribution in [0.3, 0.4) is 0 Å². The minimum atomic E-state index is -0.474. The van der Waals surface area contributed by atoms with Crippen LogP contribution in [-0.4, -0.2) is 86.2 Å². The second kappa shape index (κ2) is 13.3. The van der Waals surface area contributed by atoms with Gasteiger partial charge in [-0.3, -0.25) is 19.3 Å². The number of nitrogens with one attached hydrogen (secondary N) is 2. The summed E-state index contributed by atoms with van der Waals surface area (Å²) in [5, 5.41) is 5.94. The predicted octanol–water partition coefficient (Wildman–Crippen LogP) is 2.38. The number of methoxy groups -OCH3 is 1. The fourth-order valence-corrected chi connectivity index (χ4v) is 5.68. The molecule has 11 heteroatoms. The van der Waals surface area contributed by atoms with Crippen molar-refractivity contribution in [1.29, 1.82) is 0 Å². The van der Waals surface area contributed by atoms with E-state index in [4.69, 9.17) is 18.9 Å². The van der Waals surface area contributed by atoms with E-state index in [1.165, 1.54) is 7.11 Å². The number of para-hydroxylation sites is 1. The molecule has 4 aliphatic rings. The monoisotopic (exact) mass is 600 g/mol. The highest BCUT2D eigenvalue weighted by molar-refractivity contribution is 5.95. The molecule has 1 fully saturated rings. The van der Waals surface area contributed by atoms with Crippen LogP contribution in [0, 0.1) is 0 Å². The van der Waals surface area contributed by atoms with E-state index in [9.17, 15) is 14.4 Å². The van der Waals surface area contributed by atoms with Gasteiger partial charge in [0.15, 0.2) is 18.1 Å². The van der Waals surface area contributed by atoms with Gasteiger partial charge in [0.2, 0.25) is 5.91 Å². The van der Waals surface area contributed by atoms with Crippen molar-refractivity contribution in [1.82, 2.24) is 20.4 Å². The summed E-state index contributed by atoms with van der Waals surface area (Å²) in [6.07, 6.45) is 0.175. The summed E-state index contributed by atoms with van der Waals surface area (Å²) in [6, 6.07) is 19.7. The number of benzene rings is 3. The Kier molecular flexibility index (Phi) is 8.83. The number of hydrogen-bond donors (Lipinski definition) is 2. The number of ether oxygens (including phenoxy) is 4. The van der Waals surface area contributed by atoms with Crippen LogP contribution in [0.4, 0.5) is 0 Å². The molecule has 3 amide bonds. The number of carbonyl (C=O) groups is 3. The van der Waals surface area contributed by atoms with Gasteiger partial charge in [-0.1, -0.05) is 30.3 Å². The first-order valence-corrected chi connectivity index (χ1v) is 14.8. The zero-order valence-corrected chi connectivity index (χ0v) is 24.6. The lowest BCUT2D eigenvalue weighted by molar-refractivity contribution is -0.135. The summed E-state index contributed by atoms with van der Waals surface area (Å²) in [5.41, 5.74) is 2.29. The van der Waals surface area contributed by atoms with E-state index in [1.54, 1.807) is 23.1 Å². The molecule has 4 heterocycles. The van der Waals surface area contributed by atoms with Crippen LogP contribution < -0.4 is 29.6 Å². The Morgan fingerprint density at radius 3 is 2.68 bits per heavy atom. The maximum Gasteiger partial charge on any atom is 0.258 e. The second-order valence-electron chi connectivity index (χ2n) is 11.1. The van der Waals surface area contributed by atoms with Crippen LogP contribution in [0.25, 0.3) is 0 Å². The summed E-state index contributed by atoms with van der Waals surface area (Å²) < 4.78 is 23.4. The topological polar surface area (TPSA) is 119 Å². The lowest BCUT2D eigenvalue weighted by Gasteiger charge is -2.39. The van der Waals surface area contributed by atoms with Gasteiger partial charge < -0.3 is 34.5 Å². The highest BCUT2D eigenvalue weighted by Crippen LogP contribution is 2.29. The van der Waals surface area contributed by atoms with Gasteiger partial charge in [-0.05, 0) is 42.0 Å². The molecule has 11 nitrogen and oxygen atoms in total. The van der Waals surface area contributed by atoms with Crippen molar-refractivity contribution in [3.63, 3.8) is 0 Å². The van der Waals surface area contributed by atoms with Gasteiger partial charge in [-0.25, -0.2) is 0 Å². The number of hydrogen-bond acceptors (Lipinski definition) is 8. The Hall–Kier alpha value is -4.77. The first kappa shape index (κ1) is 29.3. The van der Waals surface area contributed by atoms with Gasteiger partial charge in [0, 0.05) is 50.3 Å². The van der Waals surface area contributed by atoms with Crippen LogP contribution in [0.15, 0.2) is 66.7 Å². The van der Waals surface area contributed by atoms with Crippen molar-refractivity contribution in [3.8, 4) is 23.0 Å². The summed E-state index contributed by atoms with van der Waals surface area (Å²) in [4.78, 5) is 43.4. The Bertz CT molecular complexity index is 1510. The number of rotatable bonds is 3. The fraction of sp³-hybridized carbons (Fsp3) is 0.364. The fourth-order valence-electron chi connectivity index (χ4n) is 5.68. The maximum absolute atomic E-state index is 13.6. The molecule has 0 aromatic heterocycles. The lowest BCUT2D eigenvalue weighted by atomic mass is 10.0. The number of carbonyl (C=O) groups excluding carboxylic acids is 3. The van der Waals surface area contributed by atoms with E-state index in [0.717, 1.165) is 16.9 Å². The van der Waals surface area contributed by atoms with Crippen LogP contribution in [0.2, 0.25) is 0 Å². The van der Waals surface area contributed by atoms with E-state index in [0.29, 0.717) is 62.8 Å². The zero-order chi connectivity index (χ0) is 30.5. The highest BCUT2D eigenvalue weighted by Gasteiger charge is 2.35. The molecule has 2 atom stereocenters. The molecule has 0 spiro atoms. The van der Waals surface area contributed by atoms with E-state index < -0.39 is 6.04 Å². The quantitative estimate of drug-likeness (QED) is 0.471. The summed E-state index contributed by atoms with van der Waals surface area (Å²) >= 11 is 0. The minimum absolute atomic E-state index is 0.0119. The van der Waals surface area contributed by atoms with Crippen molar-refractivity contribution < 1.29 is 33.3 Å². The number of likely N-dealkylation sites (tertiary alicyclic amines) is 1. The minimum Gasteiger partial charge on any atom is -0.493 e. The average molecular weight is 601 g/mol. The van der Waals surface area contributed by atoms with Crippen LogP contribution in [0.5, 0.6) is 23.0 Å². The number of amides is 3. The Balaban J connectivity index is 1.21. The first-order valence-electron chi connectivity index (χ1n) is 14.8. The van der Waals surface area contributed by atoms with Crippen molar-refractivity contribution in [2.24, 2.45) is 0 Å². The molecular formula is C33H36N4O7. The van der Waals surface area contributed by atoms with Gasteiger partial charge >= 0.3 is 0 Å². The molecule has 0 unspecified atom stereocenters. The number of nitrogens with zero attached hydrogens (tertiary/aromatic N) is 2. The maximum atomic E-state index is 13.6. The van der Waals surface area contributed by atoms with E-state index in [1.807, 2.05) is 48.5 Å². The van der Waals surface area contributed by atoms with Gasteiger partial charge in [0.25, 0.3) is 11.8 Å². The molecule has 2 N–H and O–H groups in total. The second-order valence-corrected chi connectivity index (χ2v) is 11.1. The Labute approximate surface area is 256 Å². The largest absolute Gasteiger partial charge is 0.493 e. The number of piperidine rings is 1. The van der Waals surface area contributed by atoms with E-state index in [2.05, 4.69) is 15.5 Å². The van der Waals surface area contributed by atoms with Crippen molar-refractivity contribution in [2.45, 2.75) is 31.7 Å². The van der Waals surface area contributed by atoms with Gasteiger partial charge in [-0.2, -0.15) is 0 Å². The third-order valence-corrected chi connectivity index (χ3v) is 8.09. The molecule has 4 aliphatic heterocycles. The summed E-state index contributed by atoms with van der Waals surface area (Å²) in [7, 11) is 1.49. The smallest absolute Gasteiger partial charge is 0.258 e. The Morgan fingerprint density at radius 1 is 1.00 bits per heavy atom. The van der Waals surface area contributed by atoms with E-state index >= 15 is 0 Å². The molecule has 3 aromatic carbocycles. The van der Waals surface area contributed by atoms with Crippen molar-refractivity contribution in [2.75, 3.05) is 46.5 Å². The SMILES string of the molecule is COc1ccc2cc1OCC(=O)NCc1ccc(cc1)O[C@@H]1CCN(C(=O)CN3CCOc4ccccc4C3)C[C@@H]1NC2=O. The normalized spacial score (nSPS) is 20.7. The van der Waals surface area contributed by atoms with Gasteiger partial charge in [0.05, 0.1) is 19.7 Å². The van der Waals surface area contributed by atoms with Gasteiger partial charge in [-0.15, -0.1) is 0 Å². The van der Waals surface area contributed by atoms with Crippen LogP contribution >= 0.6 is 0 Å². The molecule has 4 bridgehead atoms. The molecule has 230 valence electrons. The van der Waals surface area contributed by atoms with Crippen LogP contribution in [-0.2, 0) is 22.7 Å². The zero-order valence-electron chi connectivity index (χ0n) is 24.6. The van der Waals surface area contributed by atoms with E-state index in [-0.39, 0.29) is 42.7 Å². The summed E-state index contributed by atoms with van der Waals surface area (Å²) in [6.45, 7) is 2.91. The molecule has 1 saturated heterocycles. The van der Waals surface area contributed by atoms with Crippen molar-refractivity contribution >= 4 is 17.7 Å². The molecule has 0 saturated carbocycles. The van der Waals surface area contributed by atoms with Crippen LogP contribution in [0.1, 0.15) is 27.9 Å². The first-order chi connectivity index (χ1) is 21.4. The third kappa shape index (κ3) is 6.89. The van der Waals surface area contributed by atoms with Crippen molar-refractivity contribution in [3.05, 3.63) is 83.4 Å². The third-order valence-electron chi connectivity index (χ3n) is 8.09. The van der Waals surface area contributed by atoms with Gasteiger partial charge in [0.1, 0.15) is 24.2 Å². The average Bonchev–Trinajstić information content (AvgIpc) is 3.25. The Morgan fingerprint density at radius 2 is 1.84 bits per heavy atom.